The lowest BCUT2D eigenvalue weighted by molar-refractivity contribution is 0.410. The molecule has 1 aromatic heterocycles. The molecule has 70 valence electrons. The maximum atomic E-state index is 5.53. The predicted molar refractivity (Wildman–Crippen MR) is 51.3 cm³/mol. The van der Waals surface area contributed by atoms with Crippen LogP contribution in [0.5, 0.6) is 0 Å². The highest BCUT2D eigenvalue weighted by Gasteiger charge is 2.22. The normalized spacial score (nSPS) is 23.6. The SMILES string of the molecule is CN1CCC(c2ccnc(N)n2)C1. The van der Waals surface area contributed by atoms with Crippen molar-refractivity contribution < 1.29 is 0 Å². The molecule has 1 unspecified atom stereocenters. The number of likely N-dealkylation sites (tertiary alicyclic amines) is 1. The summed E-state index contributed by atoms with van der Waals surface area (Å²) in [5.41, 5.74) is 6.61. The molecule has 0 amide bonds. The van der Waals surface area contributed by atoms with Gasteiger partial charge >= 0.3 is 0 Å². The number of hydrogen-bond acceptors (Lipinski definition) is 4. The first-order valence-electron chi connectivity index (χ1n) is 4.52. The second-order valence-electron chi connectivity index (χ2n) is 3.59. The Bertz CT molecular complexity index is 299. The highest BCUT2D eigenvalue weighted by molar-refractivity contribution is 5.20. The zero-order valence-corrected chi connectivity index (χ0v) is 7.77. The van der Waals surface area contributed by atoms with E-state index in [-0.39, 0.29) is 0 Å². The molecule has 0 bridgehead atoms. The van der Waals surface area contributed by atoms with Gasteiger partial charge in [0, 0.05) is 18.7 Å². The monoisotopic (exact) mass is 178 g/mol. The topological polar surface area (TPSA) is 55.0 Å². The molecule has 2 N–H and O–H groups in total. The summed E-state index contributed by atoms with van der Waals surface area (Å²) in [5, 5.41) is 0. The molecule has 0 aromatic carbocycles. The summed E-state index contributed by atoms with van der Waals surface area (Å²) in [5.74, 6) is 0.919. The summed E-state index contributed by atoms with van der Waals surface area (Å²) in [6.45, 7) is 2.23. The predicted octanol–water partition coefficient (Wildman–Crippen LogP) is 0.478. The van der Waals surface area contributed by atoms with Crippen LogP contribution in [-0.4, -0.2) is 35.0 Å². The number of anilines is 1. The first-order valence-corrected chi connectivity index (χ1v) is 4.52. The number of nitrogen functional groups attached to an aromatic ring is 1. The molecule has 1 saturated heterocycles. The molecule has 4 heteroatoms. The van der Waals surface area contributed by atoms with Crippen LogP contribution in [0, 0.1) is 0 Å². The fourth-order valence-corrected chi connectivity index (χ4v) is 1.79. The lowest BCUT2D eigenvalue weighted by Gasteiger charge is -2.09. The molecule has 0 saturated carbocycles. The van der Waals surface area contributed by atoms with E-state index in [0.29, 0.717) is 11.9 Å². The molecule has 1 aliphatic heterocycles. The van der Waals surface area contributed by atoms with Crippen molar-refractivity contribution in [1.82, 2.24) is 14.9 Å². The minimum Gasteiger partial charge on any atom is -0.368 e. The Hall–Kier alpha value is -1.16. The molecule has 1 aliphatic rings. The van der Waals surface area contributed by atoms with Gasteiger partial charge in [0.1, 0.15) is 0 Å². The molecule has 0 spiro atoms. The van der Waals surface area contributed by atoms with Gasteiger partial charge in [-0.3, -0.25) is 0 Å². The molecule has 2 heterocycles. The summed E-state index contributed by atoms with van der Waals surface area (Å²) in [6.07, 6.45) is 2.91. The lowest BCUT2D eigenvalue weighted by atomic mass is 10.1. The van der Waals surface area contributed by atoms with Crippen molar-refractivity contribution in [1.29, 1.82) is 0 Å². The summed E-state index contributed by atoms with van der Waals surface area (Å²) >= 11 is 0. The maximum Gasteiger partial charge on any atom is 0.220 e. The number of hydrogen-bond donors (Lipinski definition) is 1. The largest absolute Gasteiger partial charge is 0.368 e. The summed E-state index contributed by atoms with van der Waals surface area (Å²) in [4.78, 5) is 10.4. The quantitative estimate of drug-likeness (QED) is 0.679. The van der Waals surface area contributed by atoms with Crippen LogP contribution in [0.1, 0.15) is 18.0 Å². The third-order valence-corrected chi connectivity index (χ3v) is 2.51. The third-order valence-electron chi connectivity index (χ3n) is 2.51. The third kappa shape index (κ3) is 1.78. The number of nitrogens with two attached hydrogens (primary N) is 1. The zero-order valence-electron chi connectivity index (χ0n) is 7.77. The van der Waals surface area contributed by atoms with Crippen LogP contribution in [-0.2, 0) is 0 Å². The van der Waals surface area contributed by atoms with Crippen molar-refractivity contribution in [3.8, 4) is 0 Å². The van der Waals surface area contributed by atoms with Gasteiger partial charge in [0.05, 0.1) is 5.69 Å². The maximum absolute atomic E-state index is 5.53. The van der Waals surface area contributed by atoms with E-state index in [2.05, 4.69) is 21.9 Å². The Morgan fingerprint density at radius 2 is 2.46 bits per heavy atom. The molecule has 1 fully saturated rings. The number of likely N-dealkylation sites (N-methyl/N-ethyl adjacent to an activating group) is 1. The van der Waals surface area contributed by atoms with Crippen LogP contribution >= 0.6 is 0 Å². The van der Waals surface area contributed by atoms with E-state index in [4.69, 9.17) is 5.73 Å². The lowest BCUT2D eigenvalue weighted by Crippen LogP contribution is -2.14. The fraction of sp³-hybridized carbons (Fsp3) is 0.556. The number of aromatic nitrogens is 2. The highest BCUT2D eigenvalue weighted by Crippen LogP contribution is 2.24. The van der Waals surface area contributed by atoms with Gasteiger partial charge in [0.15, 0.2) is 0 Å². The molecule has 1 aromatic rings. The average Bonchev–Trinajstić information content (AvgIpc) is 2.52. The van der Waals surface area contributed by atoms with Crippen molar-refractivity contribution >= 4 is 5.95 Å². The van der Waals surface area contributed by atoms with E-state index in [1.54, 1.807) is 6.20 Å². The van der Waals surface area contributed by atoms with Crippen molar-refractivity contribution in [2.45, 2.75) is 12.3 Å². The standard InChI is InChI=1S/C9H14N4/c1-13-5-3-7(6-13)8-2-4-11-9(10)12-8/h2,4,7H,3,5-6H2,1H3,(H2,10,11,12). The van der Waals surface area contributed by atoms with Crippen LogP contribution < -0.4 is 5.73 Å². The van der Waals surface area contributed by atoms with Crippen molar-refractivity contribution in [3.05, 3.63) is 18.0 Å². The smallest absolute Gasteiger partial charge is 0.220 e. The fourth-order valence-electron chi connectivity index (χ4n) is 1.79. The van der Waals surface area contributed by atoms with Gasteiger partial charge in [-0.15, -0.1) is 0 Å². The van der Waals surface area contributed by atoms with Crippen LogP contribution in [0.25, 0.3) is 0 Å². The Kier molecular flexibility index (Phi) is 2.14. The Balaban J connectivity index is 2.16. The second kappa shape index (κ2) is 3.30. The molecule has 2 rings (SSSR count). The molecule has 0 radical (unpaired) electrons. The van der Waals surface area contributed by atoms with E-state index >= 15 is 0 Å². The summed E-state index contributed by atoms with van der Waals surface area (Å²) in [7, 11) is 2.13. The van der Waals surface area contributed by atoms with Crippen LogP contribution in [0.2, 0.25) is 0 Å². The van der Waals surface area contributed by atoms with Crippen molar-refractivity contribution in [2.24, 2.45) is 0 Å². The van der Waals surface area contributed by atoms with Gasteiger partial charge in [-0.2, -0.15) is 0 Å². The Morgan fingerprint density at radius 3 is 3.08 bits per heavy atom. The van der Waals surface area contributed by atoms with Crippen LogP contribution in [0.15, 0.2) is 12.3 Å². The van der Waals surface area contributed by atoms with Gasteiger partial charge in [-0.1, -0.05) is 0 Å². The highest BCUT2D eigenvalue weighted by atomic mass is 15.1. The number of rotatable bonds is 1. The van der Waals surface area contributed by atoms with E-state index in [1.165, 1.54) is 6.42 Å². The average molecular weight is 178 g/mol. The minimum atomic E-state index is 0.382. The summed E-state index contributed by atoms with van der Waals surface area (Å²) in [6, 6.07) is 1.96. The van der Waals surface area contributed by atoms with E-state index in [0.717, 1.165) is 18.8 Å². The molecule has 1 atom stereocenters. The van der Waals surface area contributed by atoms with Gasteiger partial charge in [0.25, 0.3) is 0 Å². The van der Waals surface area contributed by atoms with Crippen molar-refractivity contribution in [2.75, 3.05) is 25.9 Å². The minimum absolute atomic E-state index is 0.382. The van der Waals surface area contributed by atoms with E-state index in [1.807, 2.05) is 6.07 Å². The van der Waals surface area contributed by atoms with E-state index < -0.39 is 0 Å². The van der Waals surface area contributed by atoms with Gasteiger partial charge < -0.3 is 10.6 Å². The van der Waals surface area contributed by atoms with E-state index in [9.17, 15) is 0 Å². The molecule has 13 heavy (non-hydrogen) atoms. The second-order valence-corrected chi connectivity index (χ2v) is 3.59. The first kappa shape index (κ1) is 8.44. The molecule has 4 nitrogen and oxygen atoms in total. The van der Waals surface area contributed by atoms with Gasteiger partial charge in [-0.05, 0) is 26.1 Å². The zero-order chi connectivity index (χ0) is 9.26. The summed E-state index contributed by atoms with van der Waals surface area (Å²) < 4.78 is 0. The Labute approximate surface area is 77.8 Å². The van der Waals surface area contributed by atoms with Crippen LogP contribution in [0.4, 0.5) is 5.95 Å². The molecular weight excluding hydrogens is 164 g/mol. The van der Waals surface area contributed by atoms with Gasteiger partial charge in [0.2, 0.25) is 5.95 Å². The Morgan fingerprint density at radius 1 is 1.62 bits per heavy atom. The first-order chi connectivity index (χ1) is 6.25. The van der Waals surface area contributed by atoms with Gasteiger partial charge in [-0.25, -0.2) is 9.97 Å². The van der Waals surface area contributed by atoms with Crippen molar-refractivity contribution in [3.63, 3.8) is 0 Å². The molecule has 0 aliphatic carbocycles. The number of nitrogens with zero attached hydrogens (tertiary/aromatic N) is 3. The molecular formula is C9H14N4. The van der Waals surface area contributed by atoms with Crippen LogP contribution in [0.3, 0.4) is 0 Å².